The highest BCUT2D eigenvalue weighted by Crippen LogP contribution is 2.30. The van der Waals surface area contributed by atoms with Crippen LogP contribution in [-0.2, 0) is 4.79 Å². The van der Waals surface area contributed by atoms with Gasteiger partial charge in [-0.1, -0.05) is 11.6 Å². The van der Waals surface area contributed by atoms with Gasteiger partial charge in [0.25, 0.3) is 17.5 Å². The Morgan fingerprint density at radius 1 is 1.29 bits per heavy atom. The van der Waals surface area contributed by atoms with E-state index >= 15 is 0 Å². The minimum atomic E-state index is -0.523. The van der Waals surface area contributed by atoms with Gasteiger partial charge in [0.1, 0.15) is 5.75 Å². The zero-order valence-corrected chi connectivity index (χ0v) is 17.2. The van der Waals surface area contributed by atoms with Gasteiger partial charge in [-0.25, -0.2) is 0 Å². The van der Waals surface area contributed by atoms with Gasteiger partial charge >= 0.3 is 0 Å². The first-order chi connectivity index (χ1) is 13.3. The van der Waals surface area contributed by atoms with Crippen molar-refractivity contribution in [1.29, 1.82) is 0 Å². The number of halogens is 1. The van der Waals surface area contributed by atoms with Crippen LogP contribution in [0.3, 0.4) is 0 Å². The van der Waals surface area contributed by atoms with E-state index in [0.29, 0.717) is 29.4 Å². The van der Waals surface area contributed by atoms with Crippen LogP contribution in [0.2, 0.25) is 5.02 Å². The highest BCUT2D eigenvalue weighted by atomic mass is 35.5. The number of hydrogen-bond acceptors (Lipinski definition) is 6. The number of nitrogens with zero attached hydrogens (tertiary/aromatic N) is 2. The molecular formula is C18H20ClN3O5S. The maximum Gasteiger partial charge on any atom is 0.283 e. The summed E-state index contributed by atoms with van der Waals surface area (Å²) in [5, 5.41) is 13.8. The molecule has 1 aromatic carbocycles. The Kier molecular flexibility index (Phi) is 7.36. The van der Waals surface area contributed by atoms with Crippen molar-refractivity contribution < 1.29 is 19.2 Å². The fourth-order valence-corrected chi connectivity index (χ4v) is 3.58. The largest absolute Gasteiger partial charge is 0.482 e. The van der Waals surface area contributed by atoms with Crippen LogP contribution in [0.25, 0.3) is 0 Å². The molecule has 1 heterocycles. The van der Waals surface area contributed by atoms with Gasteiger partial charge in [-0.2, -0.15) is 0 Å². The molecule has 0 saturated carbocycles. The Morgan fingerprint density at radius 2 is 1.96 bits per heavy atom. The number of rotatable bonds is 8. The van der Waals surface area contributed by atoms with Gasteiger partial charge in [0.15, 0.2) is 6.61 Å². The van der Waals surface area contributed by atoms with Gasteiger partial charge in [-0.15, -0.1) is 11.3 Å². The minimum Gasteiger partial charge on any atom is -0.482 e. The van der Waals surface area contributed by atoms with Crippen LogP contribution in [0.15, 0.2) is 24.3 Å². The second-order valence-corrected chi connectivity index (χ2v) is 7.43. The fraction of sp³-hybridized carbons (Fsp3) is 0.333. The van der Waals surface area contributed by atoms with Crippen LogP contribution in [0.4, 0.5) is 11.4 Å². The Bertz CT molecular complexity index is 895. The number of benzene rings is 1. The molecule has 0 atom stereocenters. The summed E-state index contributed by atoms with van der Waals surface area (Å²) < 4.78 is 5.46. The van der Waals surface area contributed by atoms with Crippen LogP contribution < -0.4 is 10.1 Å². The molecule has 1 aromatic heterocycles. The van der Waals surface area contributed by atoms with Crippen molar-refractivity contribution in [3.8, 4) is 5.75 Å². The fourth-order valence-electron chi connectivity index (χ4n) is 2.46. The molecule has 10 heteroatoms. The molecule has 2 aromatic rings. The van der Waals surface area contributed by atoms with Crippen LogP contribution in [0, 0.1) is 17.0 Å². The van der Waals surface area contributed by atoms with Crippen LogP contribution in [0.1, 0.15) is 28.4 Å². The second kappa shape index (κ2) is 9.52. The Hall–Kier alpha value is -2.65. The van der Waals surface area contributed by atoms with Gasteiger partial charge in [-0.3, -0.25) is 19.7 Å². The number of anilines is 1. The minimum absolute atomic E-state index is 0.0881. The lowest BCUT2D eigenvalue weighted by Crippen LogP contribution is -2.34. The van der Waals surface area contributed by atoms with Gasteiger partial charge in [0.2, 0.25) is 0 Å². The van der Waals surface area contributed by atoms with E-state index in [4.69, 9.17) is 16.3 Å². The molecule has 28 heavy (non-hydrogen) atoms. The van der Waals surface area contributed by atoms with E-state index in [9.17, 15) is 19.7 Å². The van der Waals surface area contributed by atoms with Crippen LogP contribution in [0.5, 0.6) is 5.75 Å². The molecule has 0 aliphatic rings. The predicted molar refractivity (Wildman–Crippen MR) is 109 cm³/mol. The van der Waals surface area contributed by atoms with Gasteiger partial charge < -0.3 is 15.0 Å². The van der Waals surface area contributed by atoms with Crippen molar-refractivity contribution in [1.82, 2.24) is 4.90 Å². The predicted octanol–water partition coefficient (Wildman–Crippen LogP) is 4.12. The van der Waals surface area contributed by atoms with Gasteiger partial charge in [-0.05, 0) is 39.0 Å². The van der Waals surface area contributed by atoms with E-state index in [1.807, 2.05) is 13.8 Å². The van der Waals surface area contributed by atoms with Crippen LogP contribution >= 0.6 is 22.9 Å². The monoisotopic (exact) mass is 425 g/mol. The average Bonchev–Trinajstić information content (AvgIpc) is 3.04. The first kappa shape index (κ1) is 21.6. The molecule has 0 aliphatic heterocycles. The third-order valence-corrected chi connectivity index (χ3v) is 5.30. The van der Waals surface area contributed by atoms with Gasteiger partial charge in [0, 0.05) is 24.8 Å². The van der Waals surface area contributed by atoms with Crippen molar-refractivity contribution in [3.63, 3.8) is 0 Å². The Morgan fingerprint density at radius 3 is 2.50 bits per heavy atom. The summed E-state index contributed by atoms with van der Waals surface area (Å²) in [4.78, 5) is 37.0. The molecule has 0 fully saturated rings. The molecule has 0 spiro atoms. The molecule has 0 saturated heterocycles. The number of nitrogens with one attached hydrogen (secondary N) is 1. The number of amides is 2. The van der Waals surface area contributed by atoms with E-state index in [-0.39, 0.29) is 28.1 Å². The summed E-state index contributed by atoms with van der Waals surface area (Å²) in [6.07, 6.45) is 0. The molecule has 0 unspecified atom stereocenters. The summed E-state index contributed by atoms with van der Waals surface area (Å²) in [5.41, 5.74) is 0.320. The first-order valence-corrected chi connectivity index (χ1v) is 9.72. The first-order valence-electron chi connectivity index (χ1n) is 8.53. The summed E-state index contributed by atoms with van der Waals surface area (Å²) in [6, 6.07) is 5.87. The summed E-state index contributed by atoms with van der Waals surface area (Å²) in [5.74, 6) is -0.293. The standard InChI is InChI=1S/C18H20ClN3O5S/c1-4-21(5-2)17(23)10-27-15-7-6-12(8-13(15)19)20-18(24)16-9-14(22(25)26)11(3)28-16/h6-9H,4-5,10H2,1-3H3,(H,20,24). The molecule has 0 radical (unpaired) electrons. The van der Waals surface area contributed by atoms with E-state index in [0.717, 1.165) is 11.3 Å². The number of ether oxygens (including phenoxy) is 1. The van der Waals surface area contributed by atoms with Crippen molar-refractivity contribution in [2.75, 3.05) is 25.0 Å². The maximum atomic E-state index is 12.3. The molecule has 2 rings (SSSR count). The number of hydrogen-bond donors (Lipinski definition) is 1. The molecule has 8 nitrogen and oxygen atoms in total. The molecular weight excluding hydrogens is 406 g/mol. The third-order valence-electron chi connectivity index (χ3n) is 3.97. The SMILES string of the molecule is CCN(CC)C(=O)COc1ccc(NC(=O)c2cc([N+](=O)[O-])c(C)s2)cc1Cl. The molecule has 0 aliphatic carbocycles. The summed E-state index contributed by atoms with van der Waals surface area (Å²) >= 11 is 7.21. The number of carbonyl (C=O) groups is 2. The molecule has 2 amide bonds. The summed E-state index contributed by atoms with van der Waals surface area (Å²) in [7, 11) is 0. The van der Waals surface area contributed by atoms with E-state index in [1.165, 1.54) is 12.1 Å². The topological polar surface area (TPSA) is 102 Å². The van der Waals surface area contributed by atoms with Crippen LogP contribution in [-0.4, -0.2) is 41.3 Å². The Balaban J connectivity index is 2.03. The summed E-state index contributed by atoms with van der Waals surface area (Å²) in [6.45, 7) is 6.41. The van der Waals surface area contributed by atoms with Crippen molar-refractivity contribution in [2.24, 2.45) is 0 Å². The normalized spacial score (nSPS) is 10.4. The number of carbonyl (C=O) groups excluding carboxylic acids is 2. The van der Waals surface area contributed by atoms with Crippen molar-refractivity contribution in [2.45, 2.75) is 20.8 Å². The lowest BCUT2D eigenvalue weighted by atomic mass is 10.3. The second-order valence-electron chi connectivity index (χ2n) is 5.76. The number of likely N-dealkylation sites (N-methyl/N-ethyl adjacent to an activating group) is 1. The lowest BCUT2D eigenvalue weighted by Gasteiger charge is -2.19. The van der Waals surface area contributed by atoms with Crippen molar-refractivity contribution in [3.05, 3.63) is 49.2 Å². The Labute approximate surface area is 171 Å². The quantitative estimate of drug-likeness (QED) is 0.506. The van der Waals surface area contributed by atoms with Gasteiger partial charge in [0.05, 0.1) is 19.7 Å². The molecule has 0 bridgehead atoms. The van der Waals surface area contributed by atoms with E-state index in [1.54, 1.807) is 24.0 Å². The van der Waals surface area contributed by atoms with Crippen molar-refractivity contribution >= 4 is 46.1 Å². The molecule has 1 N–H and O–H groups in total. The molecule has 150 valence electrons. The maximum absolute atomic E-state index is 12.3. The highest BCUT2D eigenvalue weighted by Gasteiger charge is 2.20. The highest BCUT2D eigenvalue weighted by molar-refractivity contribution is 7.14. The van der Waals surface area contributed by atoms with E-state index < -0.39 is 10.8 Å². The average molecular weight is 426 g/mol. The lowest BCUT2D eigenvalue weighted by molar-refractivity contribution is -0.385. The third kappa shape index (κ3) is 5.20. The van der Waals surface area contributed by atoms with E-state index in [2.05, 4.69) is 5.32 Å². The zero-order valence-electron chi connectivity index (χ0n) is 15.7. The number of thiophene rings is 1. The number of aryl methyl sites for hydroxylation is 1. The zero-order chi connectivity index (χ0) is 20.8. The smallest absolute Gasteiger partial charge is 0.283 e. The number of nitro groups is 1.